The van der Waals surface area contributed by atoms with Crippen LogP contribution in [0.3, 0.4) is 0 Å². The molecule has 352 valence electrons. The summed E-state index contributed by atoms with van der Waals surface area (Å²) < 4.78 is 15.7. The van der Waals surface area contributed by atoms with Gasteiger partial charge in [0.15, 0.2) is 16.8 Å². The van der Waals surface area contributed by atoms with E-state index in [4.69, 9.17) is 18.9 Å². The molecule has 2 aliphatic heterocycles. The number of fused-ring (bicyclic) bond motifs is 4. The smallest absolute Gasteiger partial charge is 0.226 e. The number of aromatic hydroxyl groups is 2. The summed E-state index contributed by atoms with van der Waals surface area (Å²) in [6.45, 7) is 4.51. The molecular formula is C50H59N3O13. The van der Waals surface area contributed by atoms with E-state index in [0.29, 0.717) is 75.9 Å². The van der Waals surface area contributed by atoms with Crippen LogP contribution in [0.4, 0.5) is 0 Å². The number of aromatic nitrogens is 2. The molecule has 1 amide bonds. The predicted octanol–water partition coefficient (Wildman–Crippen LogP) is 5.04. The summed E-state index contributed by atoms with van der Waals surface area (Å²) in [6, 6.07) is 12.3. The lowest BCUT2D eigenvalue weighted by atomic mass is 9.65. The number of carbonyl (C=O) groups excluding carboxylic acids is 1. The quantitative estimate of drug-likeness (QED) is 0.0485. The zero-order valence-corrected chi connectivity index (χ0v) is 37.4. The molecule has 16 nitrogen and oxygen atoms in total. The minimum absolute atomic E-state index is 0.0154. The number of carbonyl (C=O) groups is 1. The summed E-state index contributed by atoms with van der Waals surface area (Å²) in [5.74, 6) is 0.789. The first kappa shape index (κ1) is 45.7. The van der Waals surface area contributed by atoms with Crippen LogP contribution in [0.1, 0.15) is 81.4 Å². The number of aliphatic hydroxyl groups excluding tert-OH is 4. The van der Waals surface area contributed by atoms with E-state index in [2.05, 4.69) is 17.2 Å². The van der Waals surface area contributed by atoms with Crippen LogP contribution in [-0.2, 0) is 33.8 Å². The van der Waals surface area contributed by atoms with E-state index in [0.717, 1.165) is 48.7 Å². The van der Waals surface area contributed by atoms with Crippen molar-refractivity contribution in [3.63, 3.8) is 0 Å². The maximum atomic E-state index is 13.8. The fourth-order valence-corrected chi connectivity index (χ4v) is 11.0. The molecule has 7 atom stereocenters. The summed E-state index contributed by atoms with van der Waals surface area (Å²) in [4.78, 5) is 42.9. The average Bonchev–Trinajstić information content (AvgIpc) is 3.99. The Morgan fingerprint density at radius 3 is 2.53 bits per heavy atom. The van der Waals surface area contributed by atoms with Gasteiger partial charge in [-0.05, 0) is 99.2 Å². The van der Waals surface area contributed by atoms with Crippen molar-refractivity contribution >= 4 is 38.6 Å². The second-order valence-corrected chi connectivity index (χ2v) is 19.0. The van der Waals surface area contributed by atoms with Gasteiger partial charge in [-0.15, -0.1) is 0 Å². The number of rotatable bonds is 15. The molecule has 5 heterocycles. The van der Waals surface area contributed by atoms with Gasteiger partial charge in [-0.3, -0.25) is 9.59 Å². The van der Waals surface area contributed by atoms with Gasteiger partial charge in [0.25, 0.3) is 0 Å². The highest BCUT2D eigenvalue weighted by Crippen LogP contribution is 2.50. The Kier molecular flexibility index (Phi) is 12.2. The largest absolute Gasteiger partial charge is 0.508 e. The Morgan fingerprint density at radius 1 is 0.985 bits per heavy atom. The van der Waals surface area contributed by atoms with Crippen molar-refractivity contribution < 1.29 is 59.5 Å². The van der Waals surface area contributed by atoms with E-state index in [1.807, 2.05) is 30.0 Å². The fourth-order valence-electron chi connectivity index (χ4n) is 11.0. The molecule has 1 spiro atoms. The third-order valence-electron chi connectivity index (χ3n) is 14.8. The van der Waals surface area contributed by atoms with Gasteiger partial charge in [0.1, 0.15) is 65.2 Å². The van der Waals surface area contributed by atoms with E-state index >= 15 is 0 Å². The molecule has 3 aromatic heterocycles. The number of aromatic amines is 1. The zero-order valence-electron chi connectivity index (χ0n) is 37.4. The van der Waals surface area contributed by atoms with Gasteiger partial charge in [-0.25, -0.2) is 9.78 Å². The number of nitrogens with zero attached hydrogens (tertiary/aromatic N) is 1. The van der Waals surface area contributed by atoms with Crippen LogP contribution in [0, 0.1) is 18.3 Å². The number of phenolic OH excluding ortho intramolecular Hbond substituents is 2. The Morgan fingerprint density at radius 2 is 1.77 bits per heavy atom. The maximum absolute atomic E-state index is 13.8. The molecule has 16 heteroatoms. The van der Waals surface area contributed by atoms with Gasteiger partial charge in [-0.2, -0.15) is 0 Å². The molecule has 0 bridgehead atoms. The first-order chi connectivity index (χ1) is 31.6. The van der Waals surface area contributed by atoms with Crippen LogP contribution in [0.5, 0.6) is 17.2 Å². The molecule has 0 unspecified atom stereocenters. The summed E-state index contributed by atoms with van der Waals surface area (Å²) in [6.07, 6.45) is 2.87. The molecule has 1 saturated carbocycles. The number of aryl methyl sites for hydroxylation is 2. The Hall–Kier alpha value is -5.46. The summed E-state index contributed by atoms with van der Waals surface area (Å²) >= 11 is 0. The number of ether oxygens (including phenoxy) is 1. The van der Waals surface area contributed by atoms with Crippen molar-refractivity contribution in [2.24, 2.45) is 11.3 Å². The van der Waals surface area contributed by atoms with Crippen molar-refractivity contribution in [2.75, 3.05) is 19.8 Å². The number of benzene rings is 3. The highest BCUT2D eigenvalue weighted by atomic mass is 17.2. The molecule has 3 aliphatic rings. The van der Waals surface area contributed by atoms with Crippen molar-refractivity contribution in [3.05, 3.63) is 93.7 Å². The topological polar surface area (TPSA) is 249 Å². The van der Waals surface area contributed by atoms with Crippen LogP contribution >= 0.6 is 0 Å². The highest BCUT2D eigenvalue weighted by Gasteiger charge is 2.53. The van der Waals surface area contributed by atoms with Crippen molar-refractivity contribution in [1.82, 2.24) is 14.9 Å². The van der Waals surface area contributed by atoms with Crippen LogP contribution in [-0.4, -0.2) is 107 Å². The fraction of sp³-hybridized carbons (Fsp3) is 0.480. The van der Waals surface area contributed by atoms with Crippen molar-refractivity contribution in [2.45, 2.75) is 121 Å². The third-order valence-corrected chi connectivity index (χ3v) is 14.8. The van der Waals surface area contributed by atoms with Gasteiger partial charge in [0.2, 0.25) is 5.91 Å². The van der Waals surface area contributed by atoms with Gasteiger partial charge < -0.3 is 59.8 Å². The minimum atomic E-state index is -2.41. The van der Waals surface area contributed by atoms with Crippen molar-refractivity contribution in [3.8, 4) is 22.9 Å². The van der Waals surface area contributed by atoms with Gasteiger partial charge in [0.05, 0.1) is 22.9 Å². The summed E-state index contributed by atoms with van der Waals surface area (Å²) in [5, 5.41) is 81.1. The normalized spacial score (nSPS) is 22.9. The lowest BCUT2D eigenvalue weighted by molar-refractivity contribution is -0.371. The van der Waals surface area contributed by atoms with Gasteiger partial charge in [-0.1, -0.05) is 32.3 Å². The van der Waals surface area contributed by atoms with Gasteiger partial charge >= 0.3 is 0 Å². The number of nitrogens with one attached hydrogen (secondary N) is 2. The Bertz CT molecular complexity index is 2840. The van der Waals surface area contributed by atoms with E-state index in [-0.39, 0.29) is 35.2 Å². The van der Waals surface area contributed by atoms with Crippen LogP contribution < -0.4 is 15.5 Å². The average molecular weight is 910 g/mol. The first-order valence-electron chi connectivity index (χ1n) is 22.9. The Labute approximate surface area is 380 Å². The summed E-state index contributed by atoms with van der Waals surface area (Å²) in [5.41, 5.74) is -0.603. The standard InChI is InChI=1S/C50H59N3O13/c1-4-37-33-13-17-51-36(33)24-53(37)42-44-29(19-35-39(57)18-27(2)64-45(35)42)20-41(48(3,65-44)16-12-30-23-52-47(61)49(30)14-6-5-7-15-49)66-63-26-50(62,46(60)43(59)40(58)25-54)22-28-8-11-38(56)32-10-9-31(55)21-34(28)32/h8-11,13,17-19,21,24,30,40-41,43,46,51,54-56,58-60,62H,4-7,12,14-16,20,22-23,25-26H2,1-3H3,(H,52,61)/t30-,40-,41-,43-,46+,48-,50+/m1/s1. The predicted molar refractivity (Wildman–Crippen MR) is 244 cm³/mol. The van der Waals surface area contributed by atoms with Crippen LogP contribution in [0.15, 0.2) is 70.1 Å². The number of amides is 1. The second-order valence-electron chi connectivity index (χ2n) is 19.0. The number of hydrogen-bond acceptors (Lipinski definition) is 13. The molecule has 2 fully saturated rings. The molecule has 6 aromatic rings. The molecule has 9 N–H and O–H groups in total. The van der Waals surface area contributed by atoms with Crippen LogP contribution in [0.25, 0.3) is 38.3 Å². The lowest BCUT2D eigenvalue weighted by Crippen LogP contribution is -2.58. The van der Waals surface area contributed by atoms with E-state index in [1.165, 1.54) is 36.4 Å². The Balaban J connectivity index is 1.11. The van der Waals surface area contributed by atoms with E-state index < -0.39 is 60.7 Å². The molecule has 0 radical (unpaired) electrons. The van der Waals surface area contributed by atoms with Crippen LogP contribution in [0.2, 0.25) is 0 Å². The summed E-state index contributed by atoms with van der Waals surface area (Å²) in [7, 11) is 0. The number of hydrogen-bond donors (Lipinski definition) is 9. The lowest BCUT2D eigenvalue weighted by Gasteiger charge is -2.44. The SMILES string of the molecule is CCc1c2cc[nH]c2cn1-c1c2c(cc3c(=O)cc(C)oc13)C[C@@H](OOC[C@@](O)(Cc1ccc(O)c3ccc(O)cc13)[C@@H](O)[C@H](O)[C@H](O)CO)[C@@](C)(CC[C@@H]1CNC(=O)C13CCCCC3)O2. The molecule has 9 rings (SSSR count). The van der Waals surface area contributed by atoms with E-state index in [9.17, 15) is 45.3 Å². The molecule has 66 heavy (non-hydrogen) atoms. The number of phenols is 2. The molecule has 3 aromatic carbocycles. The second kappa shape index (κ2) is 17.6. The molecule has 1 saturated heterocycles. The van der Waals surface area contributed by atoms with Gasteiger partial charge in [0, 0.05) is 59.9 Å². The van der Waals surface area contributed by atoms with Crippen molar-refractivity contribution in [1.29, 1.82) is 0 Å². The zero-order chi connectivity index (χ0) is 46.7. The van der Waals surface area contributed by atoms with E-state index in [1.54, 1.807) is 13.0 Å². The minimum Gasteiger partial charge on any atom is -0.508 e. The first-order valence-corrected chi connectivity index (χ1v) is 22.9. The monoisotopic (exact) mass is 909 g/mol. The third kappa shape index (κ3) is 7.91. The molecule has 1 aliphatic carbocycles. The highest BCUT2D eigenvalue weighted by molar-refractivity contribution is 5.93. The molecular weight excluding hydrogens is 851 g/mol. The number of H-pyrrole nitrogens is 1. The maximum Gasteiger partial charge on any atom is 0.226 e. The number of aliphatic hydroxyl groups is 5.